The number of amides is 1. The molecule has 3 aliphatic rings. The lowest BCUT2D eigenvalue weighted by molar-refractivity contribution is -0.148. The number of allylic oxidation sites excluding steroid dienone is 1. The van der Waals surface area contributed by atoms with Crippen LogP contribution in [0.3, 0.4) is 0 Å². The molecular formula is C21H22FN3O7. The zero-order chi connectivity index (χ0) is 23.9. The van der Waals surface area contributed by atoms with Gasteiger partial charge in [-0.3, -0.25) is 19.3 Å². The minimum atomic E-state index is -2.74. The Hall–Kier alpha value is -3.44. The van der Waals surface area contributed by atoms with Crippen LogP contribution in [0.4, 0.5) is 10.1 Å². The molecule has 0 radical (unpaired) electrons. The van der Waals surface area contributed by atoms with Gasteiger partial charge in [-0.2, -0.15) is 0 Å². The molecule has 0 unspecified atom stereocenters. The number of rotatable bonds is 2. The summed E-state index contributed by atoms with van der Waals surface area (Å²) >= 11 is 0. The van der Waals surface area contributed by atoms with Gasteiger partial charge < -0.3 is 31.9 Å². The number of likely N-dealkylation sites (N-methyl/N-ethyl adjacent to an activating group) is 1. The summed E-state index contributed by atoms with van der Waals surface area (Å²) in [6.07, 6.45) is -0.245. The number of fused-ring (bicyclic) bond motifs is 3. The zero-order valence-corrected chi connectivity index (χ0v) is 17.2. The fraction of sp³-hybridized carbons (Fsp3) is 0.381. The predicted octanol–water partition coefficient (Wildman–Crippen LogP) is -0.158. The van der Waals surface area contributed by atoms with Crippen molar-refractivity contribution in [3.63, 3.8) is 0 Å². The lowest BCUT2D eigenvalue weighted by Gasteiger charge is -2.50. The second-order valence-electron chi connectivity index (χ2n) is 8.61. The summed E-state index contributed by atoms with van der Waals surface area (Å²) in [6.45, 7) is 0. The van der Waals surface area contributed by atoms with Gasteiger partial charge in [-0.05, 0) is 32.9 Å². The Morgan fingerprint density at radius 3 is 2.44 bits per heavy atom. The molecule has 3 aliphatic carbocycles. The number of aromatic hydroxyl groups is 1. The number of ketones is 2. The lowest BCUT2D eigenvalue weighted by Crippen LogP contribution is -2.63. The Morgan fingerprint density at radius 2 is 1.88 bits per heavy atom. The van der Waals surface area contributed by atoms with E-state index in [-0.39, 0.29) is 29.7 Å². The molecule has 4 atom stereocenters. The first kappa shape index (κ1) is 21.8. The molecule has 0 saturated heterocycles. The summed E-state index contributed by atoms with van der Waals surface area (Å²) in [6, 6.07) is -0.222. The third kappa shape index (κ3) is 2.55. The van der Waals surface area contributed by atoms with Crippen molar-refractivity contribution >= 4 is 23.2 Å². The van der Waals surface area contributed by atoms with Crippen molar-refractivity contribution in [2.24, 2.45) is 17.6 Å². The summed E-state index contributed by atoms with van der Waals surface area (Å²) in [5, 5.41) is 43.4. The van der Waals surface area contributed by atoms with Gasteiger partial charge in [0, 0.05) is 23.1 Å². The van der Waals surface area contributed by atoms with Crippen molar-refractivity contribution in [2.45, 2.75) is 24.5 Å². The molecule has 0 heterocycles. The number of carbonyl (C=O) groups is 3. The third-order valence-corrected chi connectivity index (χ3v) is 6.70. The van der Waals surface area contributed by atoms with Crippen molar-refractivity contribution in [3.8, 4) is 5.75 Å². The molecule has 0 aromatic heterocycles. The van der Waals surface area contributed by atoms with Crippen LogP contribution in [-0.2, 0) is 16.0 Å². The van der Waals surface area contributed by atoms with E-state index in [1.807, 2.05) is 0 Å². The maximum Gasteiger partial charge on any atom is 0.255 e. The number of nitrogen functional groups attached to an aromatic ring is 1. The van der Waals surface area contributed by atoms with E-state index in [2.05, 4.69) is 0 Å². The number of phenolic OH excluding ortho intramolecular Hbond substituents is 1. The van der Waals surface area contributed by atoms with Crippen LogP contribution >= 0.6 is 0 Å². The number of anilines is 1. The van der Waals surface area contributed by atoms with Gasteiger partial charge in [0.1, 0.15) is 28.7 Å². The first-order chi connectivity index (χ1) is 14.8. The molecule has 1 aromatic rings. The summed E-state index contributed by atoms with van der Waals surface area (Å²) in [7, 11) is 3.04. The van der Waals surface area contributed by atoms with Gasteiger partial charge in [0.25, 0.3) is 5.91 Å². The molecule has 1 amide bonds. The lowest BCUT2D eigenvalue weighted by atomic mass is 9.58. The topological polar surface area (TPSA) is 187 Å². The van der Waals surface area contributed by atoms with Crippen LogP contribution < -0.4 is 11.5 Å². The van der Waals surface area contributed by atoms with Crippen LogP contribution in [0, 0.1) is 17.7 Å². The maximum atomic E-state index is 14.6. The Kier molecular flexibility index (Phi) is 4.61. The molecule has 0 fully saturated rings. The van der Waals surface area contributed by atoms with Gasteiger partial charge in [0.05, 0.1) is 17.3 Å². The van der Waals surface area contributed by atoms with Crippen molar-refractivity contribution in [1.29, 1.82) is 0 Å². The molecule has 8 N–H and O–H groups in total. The van der Waals surface area contributed by atoms with E-state index >= 15 is 0 Å². The average Bonchev–Trinajstić information content (AvgIpc) is 2.68. The van der Waals surface area contributed by atoms with Gasteiger partial charge in [-0.15, -0.1) is 0 Å². The molecule has 0 saturated carbocycles. The number of aliphatic hydroxyl groups excluding tert-OH is 2. The number of nitrogens with zero attached hydrogens (tertiary/aromatic N) is 1. The van der Waals surface area contributed by atoms with E-state index in [9.17, 15) is 39.2 Å². The maximum absolute atomic E-state index is 14.6. The molecule has 0 bridgehead atoms. The van der Waals surface area contributed by atoms with Gasteiger partial charge in [0.2, 0.25) is 5.78 Å². The molecule has 4 rings (SSSR count). The molecule has 0 aliphatic heterocycles. The quantitative estimate of drug-likeness (QED) is 0.203. The number of hydrogen-bond acceptors (Lipinski definition) is 9. The highest BCUT2D eigenvalue weighted by atomic mass is 19.1. The summed E-state index contributed by atoms with van der Waals surface area (Å²) in [4.78, 5) is 39.6. The molecule has 11 heteroatoms. The average molecular weight is 447 g/mol. The van der Waals surface area contributed by atoms with Crippen LogP contribution in [0.2, 0.25) is 0 Å². The van der Waals surface area contributed by atoms with Gasteiger partial charge in [-0.1, -0.05) is 0 Å². The Balaban J connectivity index is 1.99. The van der Waals surface area contributed by atoms with E-state index in [4.69, 9.17) is 11.5 Å². The predicted molar refractivity (Wildman–Crippen MR) is 108 cm³/mol. The highest BCUT2D eigenvalue weighted by Gasteiger charge is 2.63. The highest BCUT2D eigenvalue weighted by Crippen LogP contribution is 2.52. The smallest absolute Gasteiger partial charge is 0.255 e. The van der Waals surface area contributed by atoms with Crippen LogP contribution in [-0.4, -0.2) is 68.5 Å². The van der Waals surface area contributed by atoms with E-state index in [1.54, 1.807) is 0 Å². The fourth-order valence-corrected chi connectivity index (χ4v) is 5.29. The van der Waals surface area contributed by atoms with Crippen molar-refractivity contribution < 1.29 is 39.2 Å². The Bertz CT molecular complexity index is 1170. The number of carbonyl (C=O) groups excluding carboxylic acids is 3. The standard InChI is InChI=1S/C21H22FN3O7/c1-25(2)14-8-4-6-3-7-9(22)5-10(23)15(26)12(7)16(27)11(6)18(29)21(8,32)19(30)13(17(14)28)20(24)31/h5-6,8,14,26,28-29,32H,3-4,23H2,1-2H3,(H2,24,31)/t6-,8-,14-,21-/m0/s1. The molecule has 0 spiro atoms. The highest BCUT2D eigenvalue weighted by molar-refractivity contribution is 6.24. The van der Waals surface area contributed by atoms with Gasteiger partial charge in [-0.25, -0.2) is 4.39 Å². The molecular weight excluding hydrogens is 425 g/mol. The van der Waals surface area contributed by atoms with Gasteiger partial charge >= 0.3 is 0 Å². The van der Waals surface area contributed by atoms with Crippen LogP contribution in [0.25, 0.3) is 0 Å². The number of primary amides is 1. The van der Waals surface area contributed by atoms with E-state index in [0.29, 0.717) is 0 Å². The molecule has 1 aromatic carbocycles. The Morgan fingerprint density at radius 1 is 1.25 bits per heavy atom. The van der Waals surface area contributed by atoms with Crippen LogP contribution in [0.5, 0.6) is 5.75 Å². The number of Topliss-reactive ketones (excluding diaryl/α,β-unsaturated/α-hetero) is 2. The number of nitrogens with two attached hydrogens (primary N) is 2. The monoisotopic (exact) mass is 447 g/mol. The molecule has 32 heavy (non-hydrogen) atoms. The zero-order valence-electron chi connectivity index (χ0n) is 17.2. The van der Waals surface area contributed by atoms with E-state index in [0.717, 1.165) is 6.07 Å². The minimum absolute atomic E-state index is 0.102. The molecule has 170 valence electrons. The number of hydrogen-bond donors (Lipinski definition) is 6. The number of halogens is 1. The number of aliphatic hydroxyl groups is 3. The minimum Gasteiger partial charge on any atom is -0.510 e. The number of phenols is 1. The fourth-order valence-electron chi connectivity index (χ4n) is 5.29. The first-order valence-corrected chi connectivity index (χ1v) is 9.78. The summed E-state index contributed by atoms with van der Waals surface area (Å²) in [5.74, 6) is -8.80. The number of benzene rings is 1. The third-order valence-electron chi connectivity index (χ3n) is 6.70. The summed E-state index contributed by atoms with van der Waals surface area (Å²) in [5.41, 5.74) is 5.88. The largest absolute Gasteiger partial charge is 0.510 e. The second kappa shape index (κ2) is 6.78. The Labute approximate surface area is 181 Å². The van der Waals surface area contributed by atoms with Gasteiger partial charge in [0.15, 0.2) is 11.4 Å². The van der Waals surface area contributed by atoms with Crippen molar-refractivity contribution in [1.82, 2.24) is 4.90 Å². The normalized spacial score (nSPS) is 29.7. The van der Waals surface area contributed by atoms with Crippen LogP contribution in [0.15, 0.2) is 28.7 Å². The van der Waals surface area contributed by atoms with Crippen molar-refractivity contribution in [2.75, 3.05) is 19.8 Å². The second-order valence-corrected chi connectivity index (χ2v) is 8.61. The van der Waals surface area contributed by atoms with Crippen LogP contribution in [0.1, 0.15) is 22.3 Å². The first-order valence-electron chi connectivity index (χ1n) is 9.78. The van der Waals surface area contributed by atoms with E-state index < -0.39 is 75.2 Å². The molecule has 10 nitrogen and oxygen atoms in total. The van der Waals surface area contributed by atoms with Crippen molar-refractivity contribution in [3.05, 3.63) is 45.7 Å². The van der Waals surface area contributed by atoms with E-state index in [1.165, 1.54) is 19.0 Å². The summed E-state index contributed by atoms with van der Waals surface area (Å²) < 4.78 is 14.6. The SMILES string of the molecule is CN(C)[C@@H]1C(O)=C(C(N)=O)C(=O)[C@@]2(O)C(O)=C3C(=O)c4c(O)c(N)cc(F)c4C[C@H]3C[C@@H]12.